The van der Waals surface area contributed by atoms with Gasteiger partial charge in [-0.3, -0.25) is 0 Å². The van der Waals surface area contributed by atoms with E-state index in [-0.39, 0.29) is 12.4 Å². The average molecular weight is 423 g/mol. The molecule has 0 aliphatic carbocycles. The van der Waals surface area contributed by atoms with Crippen LogP contribution in [0.25, 0.3) is 17.0 Å². The lowest BCUT2D eigenvalue weighted by atomic mass is 10.3. The molecular weight excluding hydrogens is 411 g/mol. The van der Waals surface area contributed by atoms with E-state index in [9.17, 15) is 17.4 Å². The van der Waals surface area contributed by atoms with E-state index in [1.54, 1.807) is 16.7 Å². The Hall–Kier alpha value is -3.35. The van der Waals surface area contributed by atoms with Gasteiger partial charge in [-0.05, 0) is 12.1 Å². The van der Waals surface area contributed by atoms with E-state index in [1.165, 1.54) is 37.2 Å². The van der Waals surface area contributed by atoms with Gasteiger partial charge >= 0.3 is 12.1 Å². The van der Waals surface area contributed by atoms with E-state index < -0.39 is 21.8 Å². The van der Waals surface area contributed by atoms with Gasteiger partial charge in [0.2, 0.25) is 5.82 Å². The Morgan fingerprint density at radius 2 is 1.93 bits per heavy atom. The fourth-order valence-electron chi connectivity index (χ4n) is 2.45. The number of halogens is 3. The van der Waals surface area contributed by atoms with Crippen molar-refractivity contribution >= 4 is 15.4 Å². The zero-order chi connectivity index (χ0) is 20.6. The fraction of sp³-hybridized carbons (Fsp3) is 0.188. The van der Waals surface area contributed by atoms with Crippen molar-refractivity contribution in [3.05, 3.63) is 54.8 Å². The lowest BCUT2D eigenvalue weighted by Crippen LogP contribution is -2.04. The van der Waals surface area contributed by atoms with Crippen LogP contribution in [0, 0.1) is 0 Å². The van der Waals surface area contributed by atoms with Gasteiger partial charge in [0.05, 0.1) is 26.9 Å². The number of nitrogens with zero attached hydrogens (tertiary/aromatic N) is 7. The largest absolute Gasteiger partial charge is 0.471 e. The summed E-state index contributed by atoms with van der Waals surface area (Å²) in [7, 11) is -2.70. The van der Waals surface area contributed by atoms with Gasteiger partial charge in [0.15, 0.2) is 0 Å². The smallest absolute Gasteiger partial charge is 0.329 e. The van der Waals surface area contributed by atoms with Crippen LogP contribution in [-0.4, -0.2) is 40.0 Å². The van der Waals surface area contributed by atoms with Crippen LogP contribution >= 0.6 is 0 Å². The summed E-state index contributed by atoms with van der Waals surface area (Å²) in [5.41, 5.74) is 1.38. The minimum Gasteiger partial charge on any atom is -0.329 e. The summed E-state index contributed by atoms with van der Waals surface area (Å²) in [5.74, 6) is -1.61. The summed E-state index contributed by atoms with van der Waals surface area (Å²) >= 11 is 0. The second kappa shape index (κ2) is 6.92. The Morgan fingerprint density at radius 3 is 2.62 bits per heavy atom. The second-order valence-electron chi connectivity index (χ2n) is 6.00. The number of hydrogen-bond acceptors (Lipinski definition) is 8. The minimum atomic E-state index is -4.71. The van der Waals surface area contributed by atoms with E-state index in [2.05, 4.69) is 34.0 Å². The Kier molecular flexibility index (Phi) is 4.53. The molecule has 0 aliphatic rings. The zero-order valence-electron chi connectivity index (χ0n) is 14.7. The molecule has 0 radical (unpaired) electrons. The average Bonchev–Trinajstić information content (AvgIpc) is 3.33. The summed E-state index contributed by atoms with van der Waals surface area (Å²) in [4.78, 5) is 15.8. The van der Waals surface area contributed by atoms with E-state index in [1.807, 2.05) is 0 Å². The molecule has 4 aromatic rings. The van der Waals surface area contributed by atoms with Crippen LogP contribution < -0.4 is 0 Å². The SMILES string of the molecule is CS(=O)(=NCc1cn2cc(-c3noc(C(F)(F)F)n3)ccc2n1)c1cncnc1. The first-order valence-corrected chi connectivity index (χ1v) is 9.96. The van der Waals surface area contributed by atoms with Crippen molar-refractivity contribution in [2.75, 3.05) is 6.26 Å². The maximum absolute atomic E-state index is 12.7. The number of fused-ring (bicyclic) bond motifs is 1. The molecule has 4 aromatic heterocycles. The van der Waals surface area contributed by atoms with Crippen molar-refractivity contribution in [2.24, 2.45) is 4.36 Å². The molecule has 0 N–H and O–H groups in total. The summed E-state index contributed by atoms with van der Waals surface area (Å²) < 4.78 is 60.6. The molecule has 0 aromatic carbocycles. The zero-order valence-corrected chi connectivity index (χ0v) is 15.6. The third-order valence-electron chi connectivity index (χ3n) is 3.87. The Morgan fingerprint density at radius 1 is 1.17 bits per heavy atom. The minimum absolute atomic E-state index is 0.0711. The highest BCUT2D eigenvalue weighted by atomic mass is 32.2. The van der Waals surface area contributed by atoms with Crippen LogP contribution in [0.4, 0.5) is 13.2 Å². The molecule has 0 fully saturated rings. The molecule has 0 bridgehead atoms. The first kappa shape index (κ1) is 19.0. The maximum Gasteiger partial charge on any atom is 0.471 e. The van der Waals surface area contributed by atoms with Crippen LogP contribution in [0.2, 0.25) is 0 Å². The van der Waals surface area contributed by atoms with Gasteiger partial charge in [0.1, 0.15) is 12.0 Å². The van der Waals surface area contributed by atoms with Crippen molar-refractivity contribution in [1.82, 2.24) is 29.5 Å². The summed E-state index contributed by atoms with van der Waals surface area (Å²) in [5, 5.41) is 3.36. The van der Waals surface area contributed by atoms with Gasteiger partial charge in [-0.25, -0.2) is 23.5 Å². The normalized spacial score (nSPS) is 14.1. The molecule has 0 saturated heterocycles. The standard InChI is InChI=1S/C16H12F3N7O2S/c1-29(27,12-5-20-9-21-6-12)22-4-11-8-26-7-10(2-3-13(26)23-11)14-24-15(28-25-14)16(17,18)19/h2-3,5-9H,4H2,1H3. The first-order valence-electron chi connectivity index (χ1n) is 8.04. The fourth-order valence-corrected chi connectivity index (χ4v) is 3.49. The molecule has 0 spiro atoms. The summed E-state index contributed by atoms with van der Waals surface area (Å²) in [6.07, 6.45) is 4.13. The maximum atomic E-state index is 12.7. The lowest BCUT2D eigenvalue weighted by Gasteiger charge is -2.01. The quantitative estimate of drug-likeness (QED) is 0.496. The summed E-state index contributed by atoms with van der Waals surface area (Å²) in [6, 6.07) is 3.12. The van der Waals surface area contributed by atoms with Gasteiger partial charge in [-0.15, -0.1) is 0 Å². The van der Waals surface area contributed by atoms with Crippen molar-refractivity contribution in [3.8, 4) is 11.4 Å². The van der Waals surface area contributed by atoms with Crippen LogP contribution in [0.3, 0.4) is 0 Å². The molecule has 0 aliphatic heterocycles. The van der Waals surface area contributed by atoms with Crippen molar-refractivity contribution in [1.29, 1.82) is 0 Å². The monoisotopic (exact) mass is 423 g/mol. The van der Waals surface area contributed by atoms with Crippen molar-refractivity contribution in [3.63, 3.8) is 0 Å². The van der Waals surface area contributed by atoms with Crippen LogP contribution in [0.5, 0.6) is 0 Å². The lowest BCUT2D eigenvalue weighted by molar-refractivity contribution is -0.159. The highest BCUT2D eigenvalue weighted by Gasteiger charge is 2.38. The van der Waals surface area contributed by atoms with Crippen molar-refractivity contribution < 1.29 is 21.9 Å². The van der Waals surface area contributed by atoms with Gasteiger partial charge in [-0.2, -0.15) is 18.2 Å². The van der Waals surface area contributed by atoms with E-state index >= 15 is 0 Å². The molecular formula is C16H12F3N7O2S. The third-order valence-corrected chi connectivity index (χ3v) is 5.58. The highest BCUT2D eigenvalue weighted by Crippen LogP contribution is 2.29. The number of imidazole rings is 1. The number of pyridine rings is 1. The first-order chi connectivity index (χ1) is 13.7. The van der Waals surface area contributed by atoms with Crippen LogP contribution in [0.15, 0.2) is 57.0 Å². The summed E-state index contributed by atoms with van der Waals surface area (Å²) in [6.45, 7) is 0.0711. The molecule has 4 rings (SSSR count). The van der Waals surface area contributed by atoms with Crippen LogP contribution in [0.1, 0.15) is 11.6 Å². The number of hydrogen-bond donors (Lipinski definition) is 0. The van der Waals surface area contributed by atoms with E-state index in [4.69, 9.17) is 0 Å². The number of rotatable bonds is 4. The third kappa shape index (κ3) is 3.94. The molecule has 0 saturated carbocycles. The van der Waals surface area contributed by atoms with Crippen LogP contribution in [-0.2, 0) is 22.5 Å². The molecule has 9 nitrogen and oxygen atoms in total. The van der Waals surface area contributed by atoms with Crippen molar-refractivity contribution in [2.45, 2.75) is 17.6 Å². The van der Waals surface area contributed by atoms with Gasteiger partial charge < -0.3 is 8.92 Å². The van der Waals surface area contributed by atoms with Gasteiger partial charge in [-0.1, -0.05) is 5.16 Å². The Labute approximate surface area is 161 Å². The van der Waals surface area contributed by atoms with Gasteiger partial charge in [0, 0.05) is 36.6 Å². The van der Waals surface area contributed by atoms with E-state index in [0.29, 0.717) is 21.8 Å². The molecule has 29 heavy (non-hydrogen) atoms. The number of aromatic nitrogens is 6. The second-order valence-corrected chi connectivity index (χ2v) is 8.33. The topological polar surface area (TPSA) is 111 Å². The Bertz CT molecular complexity index is 1290. The van der Waals surface area contributed by atoms with Gasteiger partial charge in [0.25, 0.3) is 0 Å². The predicted octanol–water partition coefficient (Wildman–Crippen LogP) is 2.85. The Balaban J connectivity index is 1.61. The molecule has 13 heteroatoms. The molecule has 1 unspecified atom stereocenters. The number of alkyl halides is 3. The highest BCUT2D eigenvalue weighted by molar-refractivity contribution is 7.93. The molecule has 4 heterocycles. The molecule has 1 atom stereocenters. The molecule has 0 amide bonds. The predicted molar refractivity (Wildman–Crippen MR) is 94.0 cm³/mol. The molecule has 150 valence electrons. The van der Waals surface area contributed by atoms with E-state index in [0.717, 1.165) is 0 Å².